The van der Waals surface area contributed by atoms with E-state index < -0.39 is 0 Å². The predicted molar refractivity (Wildman–Crippen MR) is 109 cm³/mol. The van der Waals surface area contributed by atoms with E-state index in [2.05, 4.69) is 5.92 Å². The van der Waals surface area contributed by atoms with E-state index >= 15 is 0 Å². The molecule has 0 amide bonds. The number of allylic oxidation sites excluding steroid dienone is 2. The van der Waals surface area contributed by atoms with Gasteiger partial charge in [0.2, 0.25) is 0 Å². The Morgan fingerprint density at radius 1 is 1.00 bits per heavy atom. The number of nitrogens with zero attached hydrogens (tertiary/aromatic N) is 1. The molecular formula is C24H15NO3. The second kappa shape index (κ2) is 5.83. The van der Waals surface area contributed by atoms with Crippen molar-refractivity contribution in [3.8, 4) is 12.3 Å². The topological polar surface area (TPSA) is 52.2 Å². The first-order valence-electron chi connectivity index (χ1n) is 8.92. The van der Waals surface area contributed by atoms with Crippen molar-refractivity contribution in [2.45, 2.75) is 6.42 Å². The lowest BCUT2D eigenvalue weighted by Crippen LogP contribution is -1.96. The lowest BCUT2D eigenvalue weighted by molar-refractivity contribution is -0.119. The highest BCUT2D eigenvalue weighted by molar-refractivity contribution is 6.52. The van der Waals surface area contributed by atoms with E-state index in [1.165, 1.54) is 0 Å². The van der Waals surface area contributed by atoms with Crippen LogP contribution >= 0.6 is 0 Å². The molecular weight excluding hydrogens is 350 g/mol. The largest absolute Gasteiger partial charge is 0.464 e. The first kappa shape index (κ1) is 16.3. The van der Waals surface area contributed by atoms with Crippen molar-refractivity contribution in [1.82, 2.24) is 4.57 Å². The Kier molecular flexibility index (Phi) is 3.40. The Balaban J connectivity index is 1.86. The molecule has 0 N–H and O–H groups in total. The van der Waals surface area contributed by atoms with E-state index in [0.29, 0.717) is 22.3 Å². The van der Waals surface area contributed by atoms with Gasteiger partial charge in [0, 0.05) is 57.4 Å². The fraction of sp³-hybridized carbons (Fsp3) is 0.0833. The molecule has 1 aliphatic carbocycles. The summed E-state index contributed by atoms with van der Waals surface area (Å²) in [6.45, 7) is 0. The van der Waals surface area contributed by atoms with Crippen molar-refractivity contribution in [1.29, 1.82) is 0 Å². The number of para-hydroxylation sites is 1. The first-order valence-corrected chi connectivity index (χ1v) is 8.92. The van der Waals surface area contributed by atoms with E-state index in [9.17, 15) is 9.59 Å². The number of carbonyl (C=O) groups is 2. The lowest BCUT2D eigenvalue weighted by Gasteiger charge is -2.04. The van der Waals surface area contributed by atoms with E-state index in [0.717, 1.165) is 27.4 Å². The van der Waals surface area contributed by atoms with Crippen molar-refractivity contribution in [2.75, 3.05) is 0 Å². The molecule has 5 rings (SSSR count). The van der Waals surface area contributed by atoms with Gasteiger partial charge in [-0.05, 0) is 24.3 Å². The molecule has 4 heteroatoms. The summed E-state index contributed by atoms with van der Waals surface area (Å²) in [6.07, 6.45) is 8.89. The third kappa shape index (κ3) is 2.20. The number of Topliss-reactive ketones (excluding diaryl/α,β-unsaturated/α-hetero) is 2. The molecule has 2 heterocycles. The van der Waals surface area contributed by atoms with E-state index in [1.54, 1.807) is 6.26 Å². The summed E-state index contributed by atoms with van der Waals surface area (Å²) in [5.74, 6) is 2.28. The maximum Gasteiger partial charge on any atom is 0.172 e. The second-order valence-corrected chi connectivity index (χ2v) is 6.95. The van der Waals surface area contributed by atoms with Crippen LogP contribution < -0.4 is 0 Å². The van der Waals surface area contributed by atoms with Crippen molar-refractivity contribution >= 4 is 44.6 Å². The highest BCUT2D eigenvalue weighted by Gasteiger charge is 2.35. The van der Waals surface area contributed by atoms with Crippen LogP contribution in [0.5, 0.6) is 0 Å². The highest BCUT2D eigenvalue weighted by atomic mass is 16.3. The zero-order chi connectivity index (χ0) is 19.4. The second-order valence-electron chi connectivity index (χ2n) is 6.95. The summed E-state index contributed by atoms with van der Waals surface area (Å²) in [5.41, 5.74) is 4.61. The predicted octanol–water partition coefficient (Wildman–Crippen LogP) is 4.36. The van der Waals surface area contributed by atoms with E-state index in [1.807, 2.05) is 60.3 Å². The smallest absolute Gasteiger partial charge is 0.172 e. The zero-order valence-electron chi connectivity index (χ0n) is 15.2. The number of hydrogen-bond acceptors (Lipinski definition) is 3. The van der Waals surface area contributed by atoms with Crippen LogP contribution in [0.1, 0.15) is 23.1 Å². The quantitative estimate of drug-likeness (QED) is 0.392. The molecule has 0 bridgehead atoms. The maximum absolute atomic E-state index is 12.9. The molecule has 0 spiro atoms. The van der Waals surface area contributed by atoms with Gasteiger partial charge in [0.1, 0.15) is 5.58 Å². The Morgan fingerprint density at radius 2 is 1.75 bits per heavy atom. The van der Waals surface area contributed by atoms with Gasteiger partial charge in [0.25, 0.3) is 0 Å². The number of benzene rings is 2. The van der Waals surface area contributed by atoms with E-state index in [4.69, 9.17) is 10.8 Å². The van der Waals surface area contributed by atoms with Crippen molar-refractivity contribution in [3.63, 3.8) is 0 Å². The minimum Gasteiger partial charge on any atom is -0.464 e. The van der Waals surface area contributed by atoms with Gasteiger partial charge in [0.05, 0.1) is 12.7 Å². The number of terminal acetylenes is 1. The minimum atomic E-state index is -0.184. The molecule has 2 aromatic heterocycles. The Labute approximate surface area is 161 Å². The molecule has 0 radical (unpaired) electrons. The minimum absolute atomic E-state index is 0.130. The van der Waals surface area contributed by atoms with Gasteiger partial charge < -0.3 is 8.98 Å². The van der Waals surface area contributed by atoms with Crippen molar-refractivity contribution < 1.29 is 14.0 Å². The van der Waals surface area contributed by atoms with Crippen LogP contribution in [0.3, 0.4) is 0 Å². The number of hydrogen-bond donors (Lipinski definition) is 0. The van der Waals surface area contributed by atoms with Crippen molar-refractivity contribution in [3.05, 3.63) is 71.6 Å². The van der Waals surface area contributed by atoms with Gasteiger partial charge in [-0.25, -0.2) is 0 Å². The molecule has 0 saturated heterocycles. The summed E-state index contributed by atoms with van der Waals surface area (Å²) in [6, 6.07) is 13.2. The Hall–Kier alpha value is -3.84. The molecule has 1 aliphatic rings. The van der Waals surface area contributed by atoms with Crippen molar-refractivity contribution in [2.24, 2.45) is 7.05 Å². The van der Waals surface area contributed by atoms with Crippen LogP contribution in [0.2, 0.25) is 0 Å². The Bertz CT molecular complexity index is 1390. The van der Waals surface area contributed by atoms with Crippen LogP contribution in [0.4, 0.5) is 0 Å². The molecule has 0 atom stereocenters. The van der Waals surface area contributed by atoms with Gasteiger partial charge in [-0.3, -0.25) is 9.59 Å². The third-order valence-electron chi connectivity index (χ3n) is 5.30. The Morgan fingerprint density at radius 3 is 2.54 bits per heavy atom. The summed E-state index contributed by atoms with van der Waals surface area (Å²) in [7, 11) is 1.91. The summed E-state index contributed by atoms with van der Waals surface area (Å²) in [4.78, 5) is 25.7. The van der Waals surface area contributed by atoms with E-state index in [-0.39, 0.29) is 18.0 Å². The van der Waals surface area contributed by atoms with Crippen LogP contribution in [0, 0.1) is 12.3 Å². The average Bonchev–Trinajstić information content (AvgIpc) is 3.34. The van der Waals surface area contributed by atoms with Gasteiger partial charge in [-0.1, -0.05) is 24.1 Å². The molecule has 4 nitrogen and oxygen atoms in total. The monoisotopic (exact) mass is 365 g/mol. The molecule has 2 aromatic carbocycles. The van der Waals surface area contributed by atoms with Gasteiger partial charge in [0.15, 0.2) is 11.6 Å². The maximum atomic E-state index is 12.9. The fourth-order valence-corrected chi connectivity index (χ4v) is 4.02. The number of ketones is 2. The first-order chi connectivity index (χ1) is 13.6. The average molecular weight is 365 g/mol. The summed E-state index contributed by atoms with van der Waals surface area (Å²) in [5, 5.41) is 1.68. The number of fused-ring (bicyclic) bond motifs is 2. The third-order valence-corrected chi connectivity index (χ3v) is 5.30. The SMILES string of the molecule is C#Cc1ccc2c(c1)c(C1=C(c3coc4ccccc34)C(=O)CC1=O)cn2C. The normalized spacial score (nSPS) is 14.4. The molecule has 134 valence electrons. The molecule has 28 heavy (non-hydrogen) atoms. The van der Waals surface area contributed by atoms with Crippen LogP contribution in [-0.4, -0.2) is 16.1 Å². The number of aromatic nitrogens is 1. The van der Waals surface area contributed by atoms with Gasteiger partial charge in [-0.2, -0.15) is 0 Å². The summed E-state index contributed by atoms with van der Waals surface area (Å²) >= 11 is 0. The van der Waals surface area contributed by atoms with Crippen LogP contribution in [0.25, 0.3) is 33.0 Å². The highest BCUT2D eigenvalue weighted by Crippen LogP contribution is 2.41. The van der Waals surface area contributed by atoms with Gasteiger partial charge >= 0.3 is 0 Å². The molecule has 0 unspecified atom stereocenters. The number of aryl methyl sites for hydroxylation is 1. The van der Waals surface area contributed by atoms with Crippen LogP contribution in [0.15, 0.2) is 59.3 Å². The molecule has 0 saturated carbocycles. The zero-order valence-corrected chi connectivity index (χ0v) is 15.2. The summed E-state index contributed by atoms with van der Waals surface area (Å²) < 4.78 is 7.57. The number of furan rings is 1. The lowest BCUT2D eigenvalue weighted by atomic mass is 9.95. The number of carbonyl (C=O) groups excluding carboxylic acids is 2. The van der Waals surface area contributed by atoms with Gasteiger partial charge in [-0.15, -0.1) is 6.42 Å². The standard InChI is InChI=1S/C24H15NO3/c1-3-14-8-9-19-16(10-14)17(12-25(19)2)23-20(26)11-21(27)24(23)18-13-28-22-7-5-4-6-15(18)22/h1,4-10,12-13H,11H2,2H3. The number of rotatable bonds is 2. The molecule has 0 fully saturated rings. The molecule has 0 aliphatic heterocycles. The fourth-order valence-electron chi connectivity index (χ4n) is 4.02. The van der Waals surface area contributed by atoms with Crippen LogP contribution in [-0.2, 0) is 16.6 Å². The molecule has 4 aromatic rings.